The highest BCUT2D eigenvalue weighted by Crippen LogP contribution is 2.18. The summed E-state index contributed by atoms with van der Waals surface area (Å²) in [6.07, 6.45) is 3.23. The fourth-order valence-corrected chi connectivity index (χ4v) is 3.41. The normalized spacial score (nSPS) is 15.1. The minimum Gasteiger partial charge on any atom is -0.392 e. The zero-order valence-corrected chi connectivity index (χ0v) is 13.2. The molecule has 0 aliphatic carbocycles. The van der Waals surface area contributed by atoms with Crippen molar-refractivity contribution in [2.45, 2.75) is 30.7 Å². The lowest BCUT2D eigenvalue weighted by molar-refractivity contribution is 0.511. The minimum absolute atomic E-state index is 0.0628. The number of rotatable bonds is 5. The molecule has 100 valence electrons. The number of thiocarbonyl (C=S) groups is 1. The van der Waals surface area contributed by atoms with Crippen molar-refractivity contribution in [3.8, 4) is 0 Å². The monoisotopic (exact) mass is 351 g/mol. The van der Waals surface area contributed by atoms with Gasteiger partial charge in [0.25, 0.3) is 0 Å². The van der Waals surface area contributed by atoms with Gasteiger partial charge in [-0.05, 0) is 35.3 Å². The summed E-state index contributed by atoms with van der Waals surface area (Å²) in [5, 5.41) is 0. The number of nitrogens with one attached hydrogen (secondary N) is 1. The average Bonchev–Trinajstić information content (AvgIpc) is 2.28. The van der Waals surface area contributed by atoms with Crippen LogP contribution in [0, 0.1) is 0 Å². The highest BCUT2D eigenvalue weighted by atomic mass is 79.9. The minimum atomic E-state index is -3.71. The molecule has 0 aliphatic rings. The number of halogens is 1. The third-order valence-corrected chi connectivity index (χ3v) is 5.05. The average molecular weight is 352 g/mol. The van der Waals surface area contributed by atoms with Gasteiger partial charge in [0.2, 0.25) is 10.0 Å². The number of nitrogens with two attached hydrogens (primary N) is 1. The van der Waals surface area contributed by atoms with Gasteiger partial charge >= 0.3 is 0 Å². The number of sulfonamides is 1. The van der Waals surface area contributed by atoms with Crippen LogP contribution in [0.25, 0.3) is 0 Å². The van der Waals surface area contributed by atoms with Crippen molar-refractivity contribution in [2.24, 2.45) is 5.73 Å². The lowest BCUT2D eigenvalue weighted by Gasteiger charge is -2.27. The van der Waals surface area contributed by atoms with Gasteiger partial charge in [-0.3, -0.25) is 4.98 Å². The van der Waals surface area contributed by atoms with Gasteiger partial charge < -0.3 is 5.73 Å². The van der Waals surface area contributed by atoms with Crippen molar-refractivity contribution in [3.63, 3.8) is 0 Å². The van der Waals surface area contributed by atoms with Crippen LogP contribution >= 0.6 is 28.1 Å². The predicted octanol–water partition coefficient (Wildman–Crippen LogP) is 1.58. The Labute approximate surface area is 120 Å². The molecule has 0 aliphatic heterocycles. The topological polar surface area (TPSA) is 85.1 Å². The van der Waals surface area contributed by atoms with E-state index in [1.807, 2.05) is 0 Å². The molecule has 5 nitrogen and oxygen atoms in total. The summed E-state index contributed by atoms with van der Waals surface area (Å²) >= 11 is 8.07. The number of nitrogens with zero attached hydrogens (tertiary/aromatic N) is 1. The quantitative estimate of drug-likeness (QED) is 0.786. The SMILES string of the molecule is CCC(C)(NS(=O)(=O)c1cncc(Br)c1)C(N)=S. The van der Waals surface area contributed by atoms with Gasteiger partial charge in [-0.1, -0.05) is 19.1 Å². The summed E-state index contributed by atoms with van der Waals surface area (Å²) in [4.78, 5) is 3.99. The highest BCUT2D eigenvalue weighted by Gasteiger charge is 2.32. The summed E-state index contributed by atoms with van der Waals surface area (Å²) in [6.45, 7) is 3.46. The Kier molecular flexibility index (Phi) is 4.82. The van der Waals surface area contributed by atoms with Gasteiger partial charge in [0.05, 0.1) is 10.5 Å². The molecular formula is C10H14BrN3O2S2. The summed E-state index contributed by atoms with van der Waals surface area (Å²) in [7, 11) is -3.71. The van der Waals surface area contributed by atoms with Crippen molar-refractivity contribution in [2.75, 3.05) is 0 Å². The predicted molar refractivity (Wildman–Crippen MR) is 77.7 cm³/mol. The van der Waals surface area contributed by atoms with Crippen LogP contribution in [0.3, 0.4) is 0 Å². The molecule has 3 N–H and O–H groups in total. The smallest absolute Gasteiger partial charge is 0.243 e. The lowest BCUT2D eigenvalue weighted by Crippen LogP contribution is -2.53. The van der Waals surface area contributed by atoms with Crippen LogP contribution in [0.15, 0.2) is 27.8 Å². The molecule has 1 unspecified atom stereocenters. The van der Waals surface area contributed by atoms with Gasteiger partial charge in [-0.15, -0.1) is 0 Å². The van der Waals surface area contributed by atoms with Crippen LogP contribution < -0.4 is 10.5 Å². The summed E-state index contributed by atoms with van der Waals surface area (Å²) < 4.78 is 27.4. The molecule has 0 fully saturated rings. The Morgan fingerprint density at radius 3 is 2.67 bits per heavy atom. The Bertz CT molecular complexity index is 562. The van der Waals surface area contributed by atoms with E-state index in [0.717, 1.165) is 0 Å². The van der Waals surface area contributed by atoms with E-state index < -0.39 is 15.6 Å². The van der Waals surface area contributed by atoms with Crippen LogP contribution in [0.4, 0.5) is 0 Å². The van der Waals surface area contributed by atoms with E-state index >= 15 is 0 Å². The molecule has 18 heavy (non-hydrogen) atoms. The van der Waals surface area contributed by atoms with E-state index in [0.29, 0.717) is 10.9 Å². The van der Waals surface area contributed by atoms with Gasteiger partial charge in [-0.25, -0.2) is 8.42 Å². The van der Waals surface area contributed by atoms with Crippen molar-refractivity contribution in [3.05, 3.63) is 22.9 Å². The number of pyridine rings is 1. The molecule has 0 spiro atoms. The van der Waals surface area contributed by atoms with E-state index in [4.69, 9.17) is 18.0 Å². The first kappa shape index (κ1) is 15.5. The van der Waals surface area contributed by atoms with E-state index in [2.05, 4.69) is 25.6 Å². The molecule has 0 saturated carbocycles. The second-order valence-corrected chi connectivity index (χ2v) is 7.03. The van der Waals surface area contributed by atoms with E-state index in [9.17, 15) is 8.42 Å². The molecule has 8 heteroatoms. The molecule has 1 aromatic heterocycles. The van der Waals surface area contributed by atoms with Crippen LogP contribution in [0.1, 0.15) is 20.3 Å². The summed E-state index contributed by atoms with van der Waals surface area (Å²) in [6, 6.07) is 1.46. The Morgan fingerprint density at radius 1 is 1.61 bits per heavy atom. The first-order valence-corrected chi connectivity index (χ1v) is 7.84. The third-order valence-electron chi connectivity index (χ3n) is 2.60. The lowest BCUT2D eigenvalue weighted by atomic mass is 10.0. The molecule has 0 radical (unpaired) electrons. The fraction of sp³-hybridized carbons (Fsp3) is 0.400. The Hall–Kier alpha value is -0.570. The van der Waals surface area contributed by atoms with Gasteiger partial charge in [0.15, 0.2) is 0 Å². The largest absolute Gasteiger partial charge is 0.392 e. The van der Waals surface area contributed by atoms with Gasteiger partial charge in [0, 0.05) is 16.9 Å². The molecule has 1 heterocycles. The first-order chi connectivity index (χ1) is 8.21. The van der Waals surface area contributed by atoms with Crippen LogP contribution in [0.2, 0.25) is 0 Å². The Balaban J connectivity index is 3.13. The van der Waals surface area contributed by atoms with Crippen LogP contribution in [0.5, 0.6) is 0 Å². The number of hydrogen-bond donors (Lipinski definition) is 2. The van der Waals surface area contributed by atoms with E-state index in [1.54, 1.807) is 13.8 Å². The van der Waals surface area contributed by atoms with E-state index in [1.165, 1.54) is 18.5 Å². The van der Waals surface area contributed by atoms with Crippen molar-refractivity contribution in [1.82, 2.24) is 9.71 Å². The van der Waals surface area contributed by atoms with Crippen LogP contribution in [-0.4, -0.2) is 23.9 Å². The summed E-state index contributed by atoms with van der Waals surface area (Å²) in [5.74, 6) is 0. The molecule has 1 atom stereocenters. The number of aromatic nitrogens is 1. The standard InChI is InChI=1S/C10H14BrN3O2S2/c1-3-10(2,9(12)17)14-18(15,16)8-4-7(11)5-13-6-8/h4-6,14H,3H2,1-2H3,(H2,12,17). The van der Waals surface area contributed by atoms with Gasteiger partial charge in [0.1, 0.15) is 4.90 Å². The molecule has 1 aromatic rings. The maximum Gasteiger partial charge on any atom is 0.243 e. The Morgan fingerprint density at radius 2 is 2.22 bits per heavy atom. The van der Waals surface area contributed by atoms with E-state index in [-0.39, 0.29) is 9.88 Å². The molecular weight excluding hydrogens is 338 g/mol. The molecule has 0 amide bonds. The molecule has 0 bridgehead atoms. The van der Waals surface area contributed by atoms with Crippen molar-refractivity contribution < 1.29 is 8.42 Å². The molecule has 0 aromatic carbocycles. The maximum atomic E-state index is 12.2. The maximum absolute atomic E-state index is 12.2. The highest BCUT2D eigenvalue weighted by molar-refractivity contribution is 9.10. The van der Waals surface area contributed by atoms with Crippen molar-refractivity contribution in [1.29, 1.82) is 0 Å². The van der Waals surface area contributed by atoms with Gasteiger partial charge in [-0.2, -0.15) is 4.72 Å². The molecule has 1 rings (SSSR count). The fourth-order valence-electron chi connectivity index (χ4n) is 1.19. The first-order valence-electron chi connectivity index (χ1n) is 5.16. The second kappa shape index (κ2) is 5.60. The second-order valence-electron chi connectivity index (χ2n) is 3.99. The third kappa shape index (κ3) is 3.47. The van der Waals surface area contributed by atoms with Crippen LogP contribution in [-0.2, 0) is 10.0 Å². The molecule has 0 saturated heterocycles. The number of hydrogen-bond acceptors (Lipinski definition) is 4. The summed E-state index contributed by atoms with van der Waals surface area (Å²) in [5.41, 5.74) is 4.63. The zero-order valence-electron chi connectivity index (χ0n) is 9.97. The van der Waals surface area contributed by atoms with Crippen molar-refractivity contribution >= 4 is 43.2 Å². The zero-order chi connectivity index (χ0) is 14.0.